The number of aromatic nitrogens is 3. The van der Waals surface area contributed by atoms with Crippen molar-refractivity contribution in [1.82, 2.24) is 14.9 Å². The number of nitrogens with zero attached hydrogens (tertiary/aromatic N) is 3. The second kappa shape index (κ2) is 9.38. The van der Waals surface area contributed by atoms with Crippen molar-refractivity contribution in [2.75, 3.05) is 11.2 Å². The monoisotopic (exact) mass is 443 g/mol. The quantitative estimate of drug-likeness (QED) is 0.421. The second-order valence-electron chi connectivity index (χ2n) is 8.09. The Balaban J connectivity index is 1.56. The lowest BCUT2D eigenvalue weighted by Crippen LogP contribution is -2.24. The molecule has 0 bridgehead atoms. The molecule has 0 saturated heterocycles. The molecule has 3 rings (SSSR count). The fourth-order valence-corrected chi connectivity index (χ4v) is 3.46. The number of benzene rings is 2. The van der Waals surface area contributed by atoms with Gasteiger partial charge in [-0.05, 0) is 54.3 Å². The van der Waals surface area contributed by atoms with Crippen molar-refractivity contribution in [3.8, 4) is 5.75 Å². The molecule has 0 spiro atoms. The van der Waals surface area contributed by atoms with Gasteiger partial charge in [0.25, 0.3) is 0 Å². The fourth-order valence-electron chi connectivity index (χ4n) is 2.67. The Labute approximate surface area is 185 Å². The highest BCUT2D eigenvalue weighted by Gasteiger charge is 2.20. The minimum absolute atomic E-state index is 0.0506. The van der Waals surface area contributed by atoms with Gasteiger partial charge in [0.15, 0.2) is 5.82 Å². The minimum atomic E-state index is -0.445. The third-order valence-corrected chi connectivity index (χ3v) is 5.64. The van der Waals surface area contributed by atoms with Crippen LogP contribution in [-0.4, -0.2) is 26.0 Å². The van der Waals surface area contributed by atoms with E-state index >= 15 is 0 Å². The topological polar surface area (TPSA) is 95.1 Å². The first-order chi connectivity index (χ1) is 14.6. The maximum atomic E-state index is 13.0. The number of thioether (sulfide) groups is 1. The number of nitrogens with two attached hydrogens (primary N) is 1. The molecule has 0 fully saturated rings. The van der Waals surface area contributed by atoms with Crippen LogP contribution in [0.3, 0.4) is 0 Å². The Bertz CT molecular complexity index is 1030. The van der Waals surface area contributed by atoms with Crippen LogP contribution in [0.25, 0.3) is 0 Å². The molecule has 0 aliphatic carbocycles. The summed E-state index contributed by atoms with van der Waals surface area (Å²) in [5.74, 6) is 6.42. The average Bonchev–Trinajstić information content (AvgIpc) is 3.06. The molecule has 2 aromatic carbocycles. The molecule has 0 radical (unpaired) electrons. The molecule has 1 atom stereocenters. The Morgan fingerprint density at radius 2 is 1.81 bits per heavy atom. The van der Waals surface area contributed by atoms with Gasteiger partial charge in [-0.25, -0.2) is 9.07 Å². The fraction of sp³-hybridized carbons (Fsp3) is 0.318. The smallest absolute Gasteiger partial charge is 0.237 e. The van der Waals surface area contributed by atoms with Crippen molar-refractivity contribution >= 4 is 23.4 Å². The predicted molar refractivity (Wildman–Crippen MR) is 120 cm³/mol. The SMILES string of the molecule is CC(Sc1nnc(COc2ccc(F)cc2)n1N)C(=O)Nc1ccc(C(C)(C)C)cc1. The molecule has 31 heavy (non-hydrogen) atoms. The van der Waals surface area contributed by atoms with Crippen LogP contribution in [0.4, 0.5) is 10.1 Å². The number of hydrogen-bond donors (Lipinski definition) is 2. The largest absolute Gasteiger partial charge is 0.486 e. The number of anilines is 1. The first kappa shape index (κ1) is 22.6. The molecule has 9 heteroatoms. The Hall–Kier alpha value is -3.07. The molecular weight excluding hydrogens is 417 g/mol. The molecule has 164 valence electrons. The zero-order valence-corrected chi connectivity index (χ0v) is 18.7. The van der Waals surface area contributed by atoms with Gasteiger partial charge in [-0.1, -0.05) is 44.7 Å². The summed E-state index contributed by atoms with van der Waals surface area (Å²) >= 11 is 1.20. The average molecular weight is 444 g/mol. The van der Waals surface area contributed by atoms with Gasteiger partial charge in [-0.15, -0.1) is 10.2 Å². The molecule has 3 aromatic rings. The number of nitrogen functional groups attached to an aromatic ring is 1. The summed E-state index contributed by atoms with van der Waals surface area (Å²) in [6, 6.07) is 13.5. The van der Waals surface area contributed by atoms with Gasteiger partial charge in [0.2, 0.25) is 11.1 Å². The van der Waals surface area contributed by atoms with E-state index < -0.39 is 5.25 Å². The van der Waals surface area contributed by atoms with Crippen molar-refractivity contribution in [2.45, 2.75) is 50.1 Å². The molecule has 1 aromatic heterocycles. The molecule has 0 saturated carbocycles. The van der Waals surface area contributed by atoms with Crippen LogP contribution in [0.5, 0.6) is 5.75 Å². The van der Waals surface area contributed by atoms with Crippen LogP contribution in [0.1, 0.15) is 39.1 Å². The zero-order valence-electron chi connectivity index (χ0n) is 17.9. The van der Waals surface area contributed by atoms with Crippen LogP contribution in [0, 0.1) is 5.82 Å². The molecule has 1 amide bonds. The highest BCUT2D eigenvalue weighted by atomic mass is 32.2. The van der Waals surface area contributed by atoms with Crippen molar-refractivity contribution in [3.63, 3.8) is 0 Å². The van der Waals surface area contributed by atoms with E-state index in [0.29, 0.717) is 16.7 Å². The maximum absolute atomic E-state index is 13.0. The lowest BCUT2D eigenvalue weighted by molar-refractivity contribution is -0.115. The van der Waals surface area contributed by atoms with Gasteiger partial charge >= 0.3 is 0 Å². The molecular formula is C22H26FN5O2S. The third-order valence-electron chi connectivity index (χ3n) is 4.59. The first-order valence-electron chi connectivity index (χ1n) is 9.79. The first-order valence-corrected chi connectivity index (χ1v) is 10.7. The number of carbonyl (C=O) groups excluding carboxylic acids is 1. The van der Waals surface area contributed by atoms with Gasteiger partial charge < -0.3 is 15.9 Å². The molecule has 7 nitrogen and oxygen atoms in total. The third kappa shape index (κ3) is 5.97. The van der Waals surface area contributed by atoms with Crippen molar-refractivity contribution in [1.29, 1.82) is 0 Å². The summed E-state index contributed by atoms with van der Waals surface area (Å²) in [4.78, 5) is 12.6. The molecule has 1 unspecified atom stereocenters. The van der Waals surface area contributed by atoms with E-state index in [2.05, 4.69) is 36.3 Å². The van der Waals surface area contributed by atoms with Crippen LogP contribution in [0.2, 0.25) is 0 Å². The summed E-state index contributed by atoms with van der Waals surface area (Å²) in [6.45, 7) is 8.26. The molecule has 0 aliphatic rings. The highest BCUT2D eigenvalue weighted by Crippen LogP contribution is 2.25. The van der Waals surface area contributed by atoms with Gasteiger partial charge in [0.05, 0.1) is 5.25 Å². The number of nitrogens with one attached hydrogen (secondary N) is 1. The van der Waals surface area contributed by atoms with E-state index in [1.807, 2.05) is 24.3 Å². The van der Waals surface area contributed by atoms with E-state index in [1.165, 1.54) is 46.3 Å². The van der Waals surface area contributed by atoms with Gasteiger partial charge in [-0.3, -0.25) is 4.79 Å². The number of amides is 1. The van der Waals surface area contributed by atoms with Gasteiger partial charge in [0, 0.05) is 5.69 Å². The number of hydrogen-bond acceptors (Lipinski definition) is 6. The number of rotatable bonds is 7. The number of halogens is 1. The lowest BCUT2D eigenvalue weighted by atomic mass is 9.87. The molecule has 1 heterocycles. The summed E-state index contributed by atoms with van der Waals surface area (Å²) in [5.41, 5.74) is 1.97. The maximum Gasteiger partial charge on any atom is 0.237 e. The zero-order chi connectivity index (χ0) is 22.6. The van der Waals surface area contributed by atoms with Gasteiger partial charge in [0.1, 0.15) is 18.2 Å². The van der Waals surface area contributed by atoms with Crippen molar-refractivity contribution in [2.24, 2.45) is 0 Å². The summed E-state index contributed by atoms with van der Waals surface area (Å²) in [5, 5.41) is 10.9. The van der Waals surface area contributed by atoms with E-state index in [1.54, 1.807) is 6.92 Å². The van der Waals surface area contributed by atoms with E-state index in [-0.39, 0.29) is 23.7 Å². The minimum Gasteiger partial charge on any atom is -0.486 e. The Morgan fingerprint density at radius 1 is 1.16 bits per heavy atom. The van der Waals surface area contributed by atoms with Crippen LogP contribution in [-0.2, 0) is 16.8 Å². The van der Waals surface area contributed by atoms with Crippen LogP contribution < -0.4 is 15.9 Å². The summed E-state index contributed by atoms with van der Waals surface area (Å²) in [7, 11) is 0. The standard InChI is InChI=1S/C22H26FN5O2S/c1-14(20(29)25-17-9-5-15(6-10-17)22(2,3)4)31-21-27-26-19(28(21)24)13-30-18-11-7-16(23)8-12-18/h5-12,14H,13,24H2,1-4H3,(H,25,29). The van der Waals surface area contributed by atoms with Crippen molar-refractivity contribution in [3.05, 3.63) is 65.7 Å². The number of ether oxygens (including phenoxy) is 1. The van der Waals surface area contributed by atoms with E-state index in [0.717, 1.165) is 5.69 Å². The van der Waals surface area contributed by atoms with Gasteiger partial charge in [-0.2, -0.15) is 0 Å². The second-order valence-corrected chi connectivity index (χ2v) is 9.40. The molecule has 0 aliphatic heterocycles. The van der Waals surface area contributed by atoms with E-state index in [9.17, 15) is 9.18 Å². The highest BCUT2D eigenvalue weighted by molar-refractivity contribution is 8.00. The van der Waals surface area contributed by atoms with E-state index in [4.69, 9.17) is 10.6 Å². The lowest BCUT2D eigenvalue weighted by Gasteiger charge is -2.19. The number of carbonyl (C=O) groups is 1. The molecule has 3 N–H and O–H groups in total. The van der Waals surface area contributed by atoms with Crippen LogP contribution >= 0.6 is 11.8 Å². The van der Waals surface area contributed by atoms with Crippen molar-refractivity contribution < 1.29 is 13.9 Å². The van der Waals surface area contributed by atoms with Crippen LogP contribution in [0.15, 0.2) is 53.7 Å². The summed E-state index contributed by atoms with van der Waals surface area (Å²) in [6.07, 6.45) is 0. The Kier molecular flexibility index (Phi) is 6.84. The Morgan fingerprint density at radius 3 is 2.42 bits per heavy atom. The normalized spacial score (nSPS) is 12.4. The summed E-state index contributed by atoms with van der Waals surface area (Å²) < 4.78 is 19.8. The predicted octanol–water partition coefficient (Wildman–Crippen LogP) is 4.13.